The average Bonchev–Trinajstić information content (AvgIpc) is 2.37. The first kappa shape index (κ1) is 15.0. The number of carbonyl (C=O) groups excluding carboxylic acids is 1. The summed E-state index contributed by atoms with van der Waals surface area (Å²) in [5, 5.41) is 14.6. The predicted molar refractivity (Wildman–Crippen MR) is 79.1 cm³/mol. The Balaban J connectivity index is 2.63. The fraction of sp³-hybridized carbons (Fsp3) is 0.273. The topological polar surface area (TPSA) is 87.7 Å². The first-order valence-corrected chi connectivity index (χ1v) is 6.62. The maximum atomic E-state index is 11.8. The SMILES string of the molecule is CC(CNC(=O)c1ccc(I)c(Cl)c1)/C(N)=N/O. The summed E-state index contributed by atoms with van der Waals surface area (Å²) >= 11 is 8.02. The summed E-state index contributed by atoms with van der Waals surface area (Å²) in [4.78, 5) is 11.8. The van der Waals surface area contributed by atoms with Gasteiger partial charge in [0.15, 0.2) is 0 Å². The minimum Gasteiger partial charge on any atom is -0.409 e. The van der Waals surface area contributed by atoms with E-state index in [1.165, 1.54) is 0 Å². The second-order valence-corrected chi connectivity index (χ2v) is 5.33. The molecule has 0 heterocycles. The zero-order chi connectivity index (χ0) is 13.7. The van der Waals surface area contributed by atoms with Gasteiger partial charge in [0, 0.05) is 21.6 Å². The summed E-state index contributed by atoms with van der Waals surface area (Å²) in [6.07, 6.45) is 0. The van der Waals surface area contributed by atoms with E-state index < -0.39 is 0 Å². The highest BCUT2D eigenvalue weighted by molar-refractivity contribution is 14.1. The summed E-state index contributed by atoms with van der Waals surface area (Å²) in [7, 11) is 0. The van der Waals surface area contributed by atoms with Gasteiger partial charge < -0.3 is 16.3 Å². The maximum absolute atomic E-state index is 11.8. The Morgan fingerprint density at radius 1 is 1.67 bits per heavy atom. The van der Waals surface area contributed by atoms with E-state index in [4.69, 9.17) is 22.5 Å². The van der Waals surface area contributed by atoms with Gasteiger partial charge >= 0.3 is 0 Å². The van der Waals surface area contributed by atoms with Crippen LogP contribution in [0.15, 0.2) is 23.4 Å². The van der Waals surface area contributed by atoms with Crippen molar-refractivity contribution in [1.29, 1.82) is 0 Å². The minimum atomic E-state index is -0.245. The number of nitrogens with one attached hydrogen (secondary N) is 1. The first-order valence-electron chi connectivity index (χ1n) is 5.16. The summed E-state index contributed by atoms with van der Waals surface area (Å²) in [6, 6.07) is 5.06. The van der Waals surface area contributed by atoms with E-state index in [-0.39, 0.29) is 17.7 Å². The third kappa shape index (κ3) is 4.02. The van der Waals surface area contributed by atoms with Crippen molar-refractivity contribution in [2.75, 3.05) is 6.54 Å². The van der Waals surface area contributed by atoms with Gasteiger partial charge in [-0.25, -0.2) is 0 Å². The summed E-state index contributed by atoms with van der Waals surface area (Å²) in [5.41, 5.74) is 5.89. The van der Waals surface area contributed by atoms with Gasteiger partial charge in [0.2, 0.25) is 0 Å². The van der Waals surface area contributed by atoms with Gasteiger partial charge in [0.25, 0.3) is 5.91 Å². The lowest BCUT2D eigenvalue weighted by Gasteiger charge is -2.11. The summed E-state index contributed by atoms with van der Waals surface area (Å²) < 4.78 is 0.885. The smallest absolute Gasteiger partial charge is 0.251 e. The van der Waals surface area contributed by atoms with E-state index in [1.54, 1.807) is 25.1 Å². The Morgan fingerprint density at radius 2 is 2.33 bits per heavy atom. The molecule has 0 saturated carbocycles. The normalized spacial score (nSPS) is 13.2. The lowest BCUT2D eigenvalue weighted by molar-refractivity contribution is 0.0951. The van der Waals surface area contributed by atoms with Crippen molar-refractivity contribution in [1.82, 2.24) is 5.32 Å². The van der Waals surface area contributed by atoms with Gasteiger partial charge in [-0.05, 0) is 40.8 Å². The van der Waals surface area contributed by atoms with Crippen LogP contribution in [0, 0.1) is 9.49 Å². The summed E-state index contributed by atoms with van der Waals surface area (Å²) in [6.45, 7) is 2.04. The van der Waals surface area contributed by atoms with Crippen LogP contribution in [0.4, 0.5) is 0 Å². The first-order chi connectivity index (χ1) is 8.45. The highest BCUT2D eigenvalue weighted by atomic mass is 127. The van der Waals surface area contributed by atoms with Gasteiger partial charge in [-0.1, -0.05) is 23.7 Å². The molecule has 1 atom stereocenters. The van der Waals surface area contributed by atoms with Crippen LogP contribution in [0.5, 0.6) is 0 Å². The highest BCUT2D eigenvalue weighted by Gasteiger charge is 2.11. The van der Waals surface area contributed by atoms with E-state index in [0.717, 1.165) is 3.57 Å². The number of amides is 1. The van der Waals surface area contributed by atoms with Crippen LogP contribution in [0.25, 0.3) is 0 Å². The molecule has 5 nitrogen and oxygen atoms in total. The molecule has 0 radical (unpaired) electrons. The van der Waals surface area contributed by atoms with E-state index >= 15 is 0 Å². The molecule has 0 aliphatic heterocycles. The molecule has 98 valence electrons. The Kier molecular flexibility index (Phi) is 5.67. The van der Waals surface area contributed by atoms with Crippen LogP contribution < -0.4 is 11.1 Å². The molecule has 1 rings (SSSR count). The van der Waals surface area contributed by atoms with Crippen molar-refractivity contribution in [3.8, 4) is 0 Å². The molecule has 0 saturated heterocycles. The molecule has 1 aromatic carbocycles. The Hall–Kier alpha value is -1.02. The zero-order valence-corrected chi connectivity index (χ0v) is 12.6. The van der Waals surface area contributed by atoms with Crippen molar-refractivity contribution < 1.29 is 10.0 Å². The molecule has 0 aliphatic rings. The molecule has 1 amide bonds. The lowest BCUT2D eigenvalue weighted by atomic mass is 10.1. The Bertz CT molecular complexity index is 479. The van der Waals surface area contributed by atoms with Crippen molar-refractivity contribution in [3.63, 3.8) is 0 Å². The van der Waals surface area contributed by atoms with Crippen LogP contribution in [0.3, 0.4) is 0 Å². The second-order valence-electron chi connectivity index (χ2n) is 3.76. The fourth-order valence-corrected chi connectivity index (χ4v) is 1.70. The third-order valence-corrected chi connectivity index (χ3v) is 3.94. The van der Waals surface area contributed by atoms with Gasteiger partial charge in [-0.3, -0.25) is 4.79 Å². The number of carbonyl (C=O) groups is 1. The second kappa shape index (κ2) is 6.79. The summed E-state index contributed by atoms with van der Waals surface area (Å²) in [5.74, 6) is -0.403. The van der Waals surface area contributed by atoms with Crippen molar-refractivity contribution in [2.24, 2.45) is 16.8 Å². The molecule has 4 N–H and O–H groups in total. The molecule has 18 heavy (non-hydrogen) atoms. The minimum absolute atomic E-state index is 0.0796. The van der Waals surface area contributed by atoms with Crippen LogP contribution in [0.1, 0.15) is 17.3 Å². The molecule has 0 fully saturated rings. The number of halogens is 2. The number of nitrogens with two attached hydrogens (primary N) is 1. The number of rotatable bonds is 4. The molecule has 1 aromatic rings. The number of benzene rings is 1. The standard InChI is InChI=1S/C11H13ClIN3O2/c1-6(10(14)16-18)5-15-11(17)7-2-3-9(13)8(12)4-7/h2-4,6,18H,5H2,1H3,(H2,14,16)(H,15,17). The van der Waals surface area contributed by atoms with E-state index in [1.807, 2.05) is 0 Å². The van der Waals surface area contributed by atoms with Gasteiger partial charge in [-0.2, -0.15) is 0 Å². The average molecular weight is 382 g/mol. The predicted octanol–water partition coefficient (Wildman–Crippen LogP) is 2.06. The lowest BCUT2D eigenvalue weighted by Crippen LogP contribution is -2.34. The molecule has 1 unspecified atom stereocenters. The van der Waals surface area contributed by atoms with E-state index in [9.17, 15) is 4.79 Å². The van der Waals surface area contributed by atoms with E-state index in [2.05, 4.69) is 33.1 Å². The molecule has 0 spiro atoms. The number of hydrogen-bond acceptors (Lipinski definition) is 3. The number of oxime groups is 1. The van der Waals surface area contributed by atoms with Gasteiger partial charge in [0.05, 0.1) is 5.02 Å². The van der Waals surface area contributed by atoms with Crippen molar-refractivity contribution in [3.05, 3.63) is 32.4 Å². The van der Waals surface area contributed by atoms with Crippen molar-refractivity contribution in [2.45, 2.75) is 6.92 Å². The molecule has 0 aromatic heterocycles. The van der Waals surface area contributed by atoms with E-state index in [0.29, 0.717) is 17.1 Å². The molecule has 0 bridgehead atoms. The molecule has 0 aliphatic carbocycles. The van der Waals surface area contributed by atoms with Crippen LogP contribution in [0.2, 0.25) is 5.02 Å². The Labute approximate surface area is 124 Å². The van der Waals surface area contributed by atoms with Gasteiger partial charge in [-0.15, -0.1) is 0 Å². The molecule has 7 heteroatoms. The monoisotopic (exact) mass is 381 g/mol. The third-order valence-electron chi connectivity index (χ3n) is 2.37. The number of nitrogens with zero attached hydrogens (tertiary/aromatic N) is 1. The largest absolute Gasteiger partial charge is 0.409 e. The van der Waals surface area contributed by atoms with Crippen LogP contribution >= 0.6 is 34.2 Å². The molecular weight excluding hydrogens is 368 g/mol. The number of hydrogen-bond donors (Lipinski definition) is 3. The molecular formula is C11H13ClIN3O2. The zero-order valence-electron chi connectivity index (χ0n) is 9.65. The van der Waals surface area contributed by atoms with Gasteiger partial charge in [0.1, 0.15) is 5.84 Å². The number of amidine groups is 1. The van der Waals surface area contributed by atoms with Crippen LogP contribution in [-0.2, 0) is 0 Å². The quantitative estimate of drug-likeness (QED) is 0.245. The fourth-order valence-electron chi connectivity index (χ4n) is 1.19. The van der Waals surface area contributed by atoms with Crippen molar-refractivity contribution >= 4 is 45.9 Å². The van der Waals surface area contributed by atoms with Crippen LogP contribution in [-0.4, -0.2) is 23.5 Å². The highest BCUT2D eigenvalue weighted by Crippen LogP contribution is 2.19. The Morgan fingerprint density at radius 3 is 2.89 bits per heavy atom. The maximum Gasteiger partial charge on any atom is 0.251 e.